The fourth-order valence-corrected chi connectivity index (χ4v) is 2.88. The highest BCUT2D eigenvalue weighted by Crippen LogP contribution is 2.44. The van der Waals surface area contributed by atoms with Crippen LogP contribution in [0.2, 0.25) is 0 Å². The Kier molecular flexibility index (Phi) is 4.90. The molecule has 0 radical (unpaired) electrons. The molecule has 1 saturated carbocycles. The van der Waals surface area contributed by atoms with E-state index >= 15 is 0 Å². The van der Waals surface area contributed by atoms with Gasteiger partial charge >= 0.3 is 0 Å². The molecule has 0 aromatic heterocycles. The van der Waals surface area contributed by atoms with Gasteiger partial charge in [0, 0.05) is 12.0 Å². The van der Waals surface area contributed by atoms with Crippen LogP contribution in [0.3, 0.4) is 0 Å². The van der Waals surface area contributed by atoms with Gasteiger partial charge in [-0.3, -0.25) is 4.79 Å². The van der Waals surface area contributed by atoms with Crippen LogP contribution < -0.4 is 14.8 Å². The molecular formula is C20H20N2O3. The highest BCUT2D eigenvalue weighted by molar-refractivity contribution is 5.81. The van der Waals surface area contributed by atoms with Crippen molar-refractivity contribution in [1.82, 2.24) is 5.32 Å². The summed E-state index contributed by atoms with van der Waals surface area (Å²) in [7, 11) is 1.65. The molecule has 0 bridgehead atoms. The number of nitriles is 1. The summed E-state index contributed by atoms with van der Waals surface area (Å²) in [6, 6.07) is 16.9. The first-order valence-electron chi connectivity index (χ1n) is 8.23. The quantitative estimate of drug-likeness (QED) is 0.880. The molecule has 3 rings (SSSR count). The molecule has 0 saturated heterocycles. The van der Waals surface area contributed by atoms with Gasteiger partial charge < -0.3 is 14.8 Å². The summed E-state index contributed by atoms with van der Waals surface area (Å²) in [6.07, 6.45) is 0.210. The van der Waals surface area contributed by atoms with Gasteiger partial charge in [-0.15, -0.1) is 0 Å². The number of methoxy groups -OCH3 is 1. The molecule has 0 heterocycles. The van der Waals surface area contributed by atoms with Gasteiger partial charge in [0.05, 0.1) is 12.7 Å². The smallest absolute Gasteiger partial charge is 0.261 e. The highest BCUT2D eigenvalue weighted by Gasteiger charge is 2.41. The van der Waals surface area contributed by atoms with E-state index in [1.54, 1.807) is 38.3 Å². The van der Waals surface area contributed by atoms with Crippen molar-refractivity contribution >= 4 is 5.91 Å². The lowest BCUT2D eigenvalue weighted by Gasteiger charge is -2.15. The molecule has 2 aromatic carbocycles. The third-order valence-electron chi connectivity index (χ3n) is 4.34. The molecule has 25 heavy (non-hydrogen) atoms. The maximum Gasteiger partial charge on any atom is 0.261 e. The SMILES string of the molecule is COc1ccccc1[C@@H]1C[C@@H]1NC(=O)[C@@H](C)Oc1ccccc1C#N. The zero-order chi connectivity index (χ0) is 17.8. The second-order valence-electron chi connectivity index (χ2n) is 6.07. The Hall–Kier alpha value is -3.00. The van der Waals surface area contributed by atoms with Gasteiger partial charge in [-0.25, -0.2) is 0 Å². The van der Waals surface area contributed by atoms with E-state index in [-0.39, 0.29) is 17.9 Å². The number of carbonyl (C=O) groups excluding carboxylic acids is 1. The van der Waals surface area contributed by atoms with Crippen molar-refractivity contribution in [2.45, 2.75) is 31.4 Å². The summed E-state index contributed by atoms with van der Waals surface area (Å²) < 4.78 is 11.0. The van der Waals surface area contributed by atoms with E-state index in [4.69, 9.17) is 14.7 Å². The molecular weight excluding hydrogens is 316 g/mol. The predicted octanol–water partition coefficient (Wildman–Crippen LogP) is 3.01. The fraction of sp³-hybridized carbons (Fsp3) is 0.300. The summed E-state index contributed by atoms with van der Waals surface area (Å²) in [4.78, 5) is 12.4. The van der Waals surface area contributed by atoms with Crippen molar-refractivity contribution in [3.8, 4) is 17.6 Å². The number of ether oxygens (including phenoxy) is 2. The Morgan fingerprint density at radius 2 is 1.88 bits per heavy atom. The van der Waals surface area contributed by atoms with E-state index in [1.807, 2.05) is 24.3 Å². The van der Waals surface area contributed by atoms with Crippen molar-refractivity contribution in [2.75, 3.05) is 7.11 Å². The number of hydrogen-bond acceptors (Lipinski definition) is 4. The van der Waals surface area contributed by atoms with Gasteiger partial charge in [-0.1, -0.05) is 30.3 Å². The molecule has 5 nitrogen and oxygen atoms in total. The molecule has 1 aliphatic carbocycles. The molecule has 0 aliphatic heterocycles. The average molecular weight is 336 g/mol. The van der Waals surface area contributed by atoms with Gasteiger partial charge in [0.2, 0.25) is 0 Å². The third kappa shape index (κ3) is 3.74. The molecule has 3 atom stereocenters. The lowest BCUT2D eigenvalue weighted by atomic mass is 10.1. The minimum Gasteiger partial charge on any atom is -0.496 e. The summed E-state index contributed by atoms with van der Waals surface area (Å²) in [5, 5.41) is 12.1. The van der Waals surface area contributed by atoms with Crippen LogP contribution in [0, 0.1) is 11.3 Å². The lowest BCUT2D eigenvalue weighted by molar-refractivity contribution is -0.127. The highest BCUT2D eigenvalue weighted by atomic mass is 16.5. The molecule has 1 aliphatic rings. The number of benzene rings is 2. The van der Waals surface area contributed by atoms with Crippen LogP contribution >= 0.6 is 0 Å². The fourth-order valence-electron chi connectivity index (χ4n) is 2.88. The van der Waals surface area contributed by atoms with Gasteiger partial charge in [-0.05, 0) is 37.1 Å². The molecule has 0 spiro atoms. The first kappa shape index (κ1) is 16.8. The second-order valence-corrected chi connectivity index (χ2v) is 6.07. The molecule has 5 heteroatoms. The van der Waals surface area contributed by atoms with Gasteiger partial charge in [0.25, 0.3) is 5.91 Å². The summed E-state index contributed by atoms with van der Waals surface area (Å²) in [5.74, 6) is 1.34. The van der Waals surface area contributed by atoms with Crippen molar-refractivity contribution in [1.29, 1.82) is 5.26 Å². The number of rotatable bonds is 6. The average Bonchev–Trinajstić information content (AvgIpc) is 3.40. The molecule has 1 fully saturated rings. The Balaban J connectivity index is 1.59. The minimum absolute atomic E-state index is 0.0843. The van der Waals surface area contributed by atoms with Crippen LogP contribution in [0.15, 0.2) is 48.5 Å². The molecule has 1 amide bonds. The summed E-state index contributed by atoms with van der Waals surface area (Å²) in [5.41, 5.74) is 1.53. The summed E-state index contributed by atoms with van der Waals surface area (Å²) >= 11 is 0. The number of nitrogens with one attached hydrogen (secondary N) is 1. The number of nitrogens with zero attached hydrogens (tertiary/aromatic N) is 1. The molecule has 2 aromatic rings. The van der Waals surface area contributed by atoms with Crippen LogP contribution in [0.5, 0.6) is 11.5 Å². The Morgan fingerprint density at radius 1 is 1.20 bits per heavy atom. The van der Waals surface area contributed by atoms with E-state index in [0.717, 1.165) is 17.7 Å². The predicted molar refractivity (Wildman–Crippen MR) is 93.5 cm³/mol. The van der Waals surface area contributed by atoms with E-state index in [9.17, 15) is 4.79 Å². The minimum atomic E-state index is -0.673. The third-order valence-corrected chi connectivity index (χ3v) is 4.34. The Bertz CT molecular complexity index is 813. The van der Waals surface area contributed by atoms with Crippen LogP contribution in [-0.2, 0) is 4.79 Å². The maximum absolute atomic E-state index is 12.4. The van der Waals surface area contributed by atoms with Crippen molar-refractivity contribution in [3.63, 3.8) is 0 Å². The molecule has 128 valence electrons. The van der Waals surface area contributed by atoms with Crippen molar-refractivity contribution < 1.29 is 14.3 Å². The maximum atomic E-state index is 12.4. The van der Waals surface area contributed by atoms with Gasteiger partial charge in [0.15, 0.2) is 6.10 Å². The first-order valence-corrected chi connectivity index (χ1v) is 8.23. The molecule has 0 unspecified atom stereocenters. The Morgan fingerprint density at radius 3 is 2.60 bits per heavy atom. The van der Waals surface area contributed by atoms with E-state index in [2.05, 4.69) is 11.4 Å². The van der Waals surface area contributed by atoms with Crippen LogP contribution in [-0.4, -0.2) is 25.2 Å². The second kappa shape index (κ2) is 7.27. The zero-order valence-corrected chi connectivity index (χ0v) is 14.2. The normalized spacial score (nSPS) is 19.4. The van der Waals surface area contributed by atoms with E-state index in [1.165, 1.54) is 0 Å². The summed E-state index contributed by atoms with van der Waals surface area (Å²) in [6.45, 7) is 1.68. The first-order chi connectivity index (χ1) is 12.1. The zero-order valence-electron chi connectivity index (χ0n) is 14.2. The van der Waals surface area contributed by atoms with Gasteiger partial charge in [0.1, 0.15) is 17.6 Å². The lowest BCUT2D eigenvalue weighted by Crippen LogP contribution is -2.38. The Labute approximate surface area is 147 Å². The molecule has 1 N–H and O–H groups in total. The largest absolute Gasteiger partial charge is 0.496 e. The number of hydrogen-bond donors (Lipinski definition) is 1. The number of para-hydroxylation sites is 2. The van der Waals surface area contributed by atoms with Crippen LogP contribution in [0.1, 0.15) is 30.4 Å². The van der Waals surface area contributed by atoms with E-state index < -0.39 is 6.10 Å². The van der Waals surface area contributed by atoms with Crippen LogP contribution in [0.25, 0.3) is 0 Å². The number of carbonyl (C=O) groups is 1. The van der Waals surface area contributed by atoms with Gasteiger partial charge in [-0.2, -0.15) is 5.26 Å². The van der Waals surface area contributed by atoms with E-state index in [0.29, 0.717) is 11.3 Å². The number of amides is 1. The van der Waals surface area contributed by atoms with Crippen molar-refractivity contribution in [2.24, 2.45) is 0 Å². The topological polar surface area (TPSA) is 71.3 Å². The van der Waals surface area contributed by atoms with Crippen LogP contribution in [0.4, 0.5) is 0 Å². The monoisotopic (exact) mass is 336 g/mol. The standard InChI is InChI=1S/C20H20N2O3/c1-13(25-18-9-5-3-7-14(18)12-21)20(23)22-17-11-16(17)15-8-4-6-10-19(15)24-2/h3-10,13,16-17H,11H2,1-2H3,(H,22,23)/t13-,16+,17+/m1/s1. The van der Waals surface area contributed by atoms with Crippen molar-refractivity contribution in [3.05, 3.63) is 59.7 Å².